The van der Waals surface area contributed by atoms with Crippen molar-refractivity contribution in [1.29, 1.82) is 0 Å². The minimum absolute atomic E-state index is 0.143. The summed E-state index contributed by atoms with van der Waals surface area (Å²) in [5.41, 5.74) is 0.143. The quantitative estimate of drug-likeness (QED) is 0.690. The van der Waals surface area contributed by atoms with E-state index in [1.807, 2.05) is 13.8 Å². The zero-order valence-electron chi connectivity index (χ0n) is 10.4. The minimum atomic E-state index is -1.49. The van der Waals surface area contributed by atoms with Gasteiger partial charge in [0.05, 0.1) is 0 Å². The molecule has 0 saturated heterocycles. The number of hydrogen-bond acceptors (Lipinski definition) is 2. The van der Waals surface area contributed by atoms with Crippen molar-refractivity contribution in [1.82, 2.24) is 14.8 Å². The highest BCUT2D eigenvalue weighted by atomic mass is 32.1. The number of aromatic nitrogens is 3. The van der Waals surface area contributed by atoms with Gasteiger partial charge in [-0.1, -0.05) is 13.8 Å². The molecular weight excluding hydrogens is 275 g/mol. The number of hydrogen-bond donors (Lipinski definition) is 1. The topological polar surface area (TPSA) is 33.6 Å². The van der Waals surface area contributed by atoms with Crippen LogP contribution >= 0.6 is 12.2 Å². The first-order valence-corrected chi connectivity index (χ1v) is 6.11. The molecule has 0 fully saturated rings. The highest BCUT2D eigenvalue weighted by molar-refractivity contribution is 7.71. The van der Waals surface area contributed by atoms with Crippen molar-refractivity contribution < 1.29 is 13.2 Å². The fourth-order valence-corrected chi connectivity index (χ4v) is 1.96. The first kappa shape index (κ1) is 13.8. The van der Waals surface area contributed by atoms with E-state index in [1.54, 1.807) is 4.57 Å². The van der Waals surface area contributed by atoms with Crippen molar-refractivity contribution in [3.05, 3.63) is 34.4 Å². The molecule has 0 aliphatic carbocycles. The number of halogens is 3. The summed E-state index contributed by atoms with van der Waals surface area (Å²) in [6, 6.07) is 1.81. The lowest BCUT2D eigenvalue weighted by Gasteiger charge is -2.09. The predicted octanol–water partition coefficient (Wildman–Crippen LogP) is 3.68. The lowest BCUT2D eigenvalue weighted by atomic mass is 10.1. The van der Waals surface area contributed by atoms with Crippen LogP contribution in [0.4, 0.5) is 13.2 Å². The molecule has 0 aliphatic heterocycles. The van der Waals surface area contributed by atoms with Crippen LogP contribution in [0, 0.1) is 28.1 Å². The average molecular weight is 287 g/mol. The lowest BCUT2D eigenvalue weighted by Crippen LogP contribution is -2.07. The minimum Gasteiger partial charge on any atom is -0.300 e. The van der Waals surface area contributed by atoms with Gasteiger partial charge in [0.25, 0.3) is 0 Å². The van der Waals surface area contributed by atoms with Crippen LogP contribution in [0.2, 0.25) is 0 Å². The Bertz CT molecular complexity index is 637. The van der Waals surface area contributed by atoms with Gasteiger partial charge in [-0.25, -0.2) is 13.2 Å². The van der Waals surface area contributed by atoms with Gasteiger partial charge in [0, 0.05) is 12.1 Å². The summed E-state index contributed by atoms with van der Waals surface area (Å²) in [4.78, 5) is 0. The zero-order valence-corrected chi connectivity index (χ0v) is 11.2. The SMILES string of the molecule is CC(C)Cn1c(-c2cc(F)c(F)c(F)c2)n[nH]c1=S. The van der Waals surface area contributed by atoms with E-state index >= 15 is 0 Å². The van der Waals surface area contributed by atoms with E-state index in [2.05, 4.69) is 10.2 Å². The van der Waals surface area contributed by atoms with Crippen molar-refractivity contribution in [2.24, 2.45) is 5.92 Å². The summed E-state index contributed by atoms with van der Waals surface area (Å²) >= 11 is 5.07. The fraction of sp³-hybridized carbons (Fsp3) is 0.333. The molecule has 1 aromatic heterocycles. The monoisotopic (exact) mass is 287 g/mol. The van der Waals surface area contributed by atoms with Crippen LogP contribution in [0.1, 0.15) is 13.8 Å². The second-order valence-electron chi connectivity index (χ2n) is 4.61. The van der Waals surface area contributed by atoms with E-state index in [4.69, 9.17) is 12.2 Å². The summed E-state index contributed by atoms with van der Waals surface area (Å²) in [6.45, 7) is 4.50. The molecule has 0 amide bonds. The van der Waals surface area contributed by atoms with Crippen molar-refractivity contribution in [2.75, 3.05) is 0 Å². The molecule has 0 bridgehead atoms. The summed E-state index contributed by atoms with van der Waals surface area (Å²) < 4.78 is 41.4. The Morgan fingerprint density at radius 1 is 1.26 bits per heavy atom. The van der Waals surface area contributed by atoms with Crippen molar-refractivity contribution in [3.8, 4) is 11.4 Å². The molecule has 0 aliphatic rings. The summed E-state index contributed by atoms with van der Waals surface area (Å²) in [7, 11) is 0. The average Bonchev–Trinajstić information content (AvgIpc) is 2.67. The fourth-order valence-electron chi connectivity index (χ4n) is 1.76. The Hall–Kier alpha value is -1.63. The molecule has 1 N–H and O–H groups in total. The Morgan fingerprint density at radius 3 is 2.37 bits per heavy atom. The second-order valence-corrected chi connectivity index (χ2v) is 5.00. The zero-order chi connectivity index (χ0) is 14.2. The molecule has 102 valence electrons. The van der Waals surface area contributed by atoms with Crippen LogP contribution in [-0.4, -0.2) is 14.8 Å². The number of nitrogens with one attached hydrogen (secondary N) is 1. The molecule has 1 aromatic carbocycles. The molecule has 0 saturated carbocycles. The molecule has 0 atom stereocenters. The first-order chi connectivity index (χ1) is 8.90. The normalized spacial score (nSPS) is 11.3. The Labute approximate surface area is 113 Å². The third-order valence-corrected chi connectivity index (χ3v) is 2.86. The second kappa shape index (κ2) is 5.16. The van der Waals surface area contributed by atoms with Gasteiger partial charge in [0.2, 0.25) is 0 Å². The molecule has 3 nitrogen and oxygen atoms in total. The molecular formula is C12H12F3N3S. The number of H-pyrrole nitrogens is 1. The molecule has 7 heteroatoms. The third kappa shape index (κ3) is 2.70. The van der Waals surface area contributed by atoms with Gasteiger partial charge in [-0.3, -0.25) is 9.67 Å². The van der Waals surface area contributed by atoms with Gasteiger partial charge in [-0.05, 0) is 30.3 Å². The molecule has 2 rings (SSSR count). The maximum Gasteiger partial charge on any atom is 0.195 e. The van der Waals surface area contributed by atoms with Gasteiger partial charge in [0.1, 0.15) is 0 Å². The molecule has 2 aromatic rings. The van der Waals surface area contributed by atoms with E-state index in [0.29, 0.717) is 11.3 Å². The highest BCUT2D eigenvalue weighted by Gasteiger charge is 2.16. The third-order valence-electron chi connectivity index (χ3n) is 2.55. The lowest BCUT2D eigenvalue weighted by molar-refractivity contribution is 0.447. The number of benzene rings is 1. The highest BCUT2D eigenvalue weighted by Crippen LogP contribution is 2.23. The van der Waals surface area contributed by atoms with Gasteiger partial charge in [-0.15, -0.1) is 0 Å². The predicted molar refractivity (Wildman–Crippen MR) is 67.6 cm³/mol. The number of aromatic amines is 1. The molecule has 0 unspecified atom stereocenters. The largest absolute Gasteiger partial charge is 0.300 e. The first-order valence-electron chi connectivity index (χ1n) is 5.70. The molecule has 19 heavy (non-hydrogen) atoms. The summed E-state index contributed by atoms with van der Waals surface area (Å²) in [6.07, 6.45) is 0. The van der Waals surface area contributed by atoms with E-state index in [9.17, 15) is 13.2 Å². The van der Waals surface area contributed by atoms with E-state index < -0.39 is 17.5 Å². The van der Waals surface area contributed by atoms with E-state index in [-0.39, 0.29) is 17.3 Å². The molecule has 0 spiro atoms. The van der Waals surface area contributed by atoms with Gasteiger partial charge < -0.3 is 0 Å². The van der Waals surface area contributed by atoms with Crippen LogP contribution in [0.5, 0.6) is 0 Å². The van der Waals surface area contributed by atoms with Crippen LogP contribution in [-0.2, 0) is 6.54 Å². The van der Waals surface area contributed by atoms with E-state index in [1.165, 1.54) is 0 Å². The van der Waals surface area contributed by atoms with E-state index in [0.717, 1.165) is 12.1 Å². The number of nitrogens with zero attached hydrogens (tertiary/aromatic N) is 2. The van der Waals surface area contributed by atoms with Gasteiger partial charge in [0.15, 0.2) is 28.0 Å². The van der Waals surface area contributed by atoms with Crippen LogP contribution in [0.3, 0.4) is 0 Å². The molecule has 0 radical (unpaired) electrons. The Balaban J connectivity index is 2.56. The van der Waals surface area contributed by atoms with Crippen LogP contribution in [0.25, 0.3) is 11.4 Å². The Kier molecular flexibility index (Phi) is 3.75. The van der Waals surface area contributed by atoms with Crippen LogP contribution in [0.15, 0.2) is 12.1 Å². The van der Waals surface area contributed by atoms with Crippen LogP contribution < -0.4 is 0 Å². The summed E-state index contributed by atoms with van der Waals surface area (Å²) in [5.74, 6) is -3.43. The van der Waals surface area contributed by atoms with Gasteiger partial charge >= 0.3 is 0 Å². The Morgan fingerprint density at radius 2 is 1.84 bits per heavy atom. The number of rotatable bonds is 3. The smallest absolute Gasteiger partial charge is 0.195 e. The van der Waals surface area contributed by atoms with Crippen molar-refractivity contribution in [3.63, 3.8) is 0 Å². The maximum atomic E-state index is 13.2. The van der Waals surface area contributed by atoms with Gasteiger partial charge in [-0.2, -0.15) is 5.10 Å². The van der Waals surface area contributed by atoms with Crippen molar-refractivity contribution in [2.45, 2.75) is 20.4 Å². The van der Waals surface area contributed by atoms with Crippen molar-refractivity contribution >= 4 is 12.2 Å². The summed E-state index contributed by atoms with van der Waals surface area (Å²) in [5, 5.41) is 6.51. The molecule has 1 heterocycles. The standard InChI is InChI=1S/C12H12F3N3S/c1-6(2)5-18-11(16-17-12(18)19)7-3-8(13)10(15)9(14)4-7/h3-4,6H,5H2,1-2H3,(H,17,19). The maximum absolute atomic E-state index is 13.2.